The van der Waals surface area contributed by atoms with Crippen molar-refractivity contribution in [3.63, 3.8) is 0 Å². The van der Waals surface area contributed by atoms with E-state index in [0.29, 0.717) is 6.07 Å². The second kappa shape index (κ2) is 7.81. The molecule has 0 aromatic heterocycles. The van der Waals surface area contributed by atoms with E-state index in [1.165, 1.54) is 13.1 Å². The number of aliphatic imine (C=N–C) groups is 1. The summed E-state index contributed by atoms with van der Waals surface area (Å²) in [6.07, 6.45) is -4.56. The van der Waals surface area contributed by atoms with E-state index in [2.05, 4.69) is 10.3 Å². The SMILES string of the molecule is CNc1cc(C(=O)N=C(N)N)cc(C(F)(F)F)c1.Cl.Cl. The third-order valence-electron chi connectivity index (χ3n) is 2.03. The van der Waals surface area contributed by atoms with Crippen molar-refractivity contribution in [1.29, 1.82) is 0 Å². The molecule has 114 valence electrons. The monoisotopic (exact) mass is 332 g/mol. The van der Waals surface area contributed by atoms with E-state index in [1.807, 2.05) is 0 Å². The molecule has 0 aliphatic heterocycles. The molecule has 1 amide bonds. The Morgan fingerprint density at radius 1 is 1.20 bits per heavy atom. The number of guanidine groups is 1. The summed E-state index contributed by atoms with van der Waals surface area (Å²) in [6.45, 7) is 0. The Balaban J connectivity index is 0. The quantitative estimate of drug-likeness (QED) is 0.570. The topological polar surface area (TPSA) is 93.5 Å². The molecule has 5 nitrogen and oxygen atoms in total. The van der Waals surface area contributed by atoms with E-state index in [-0.39, 0.29) is 36.1 Å². The van der Waals surface area contributed by atoms with Crippen molar-refractivity contribution >= 4 is 42.4 Å². The molecule has 0 radical (unpaired) electrons. The molecule has 0 fully saturated rings. The predicted molar refractivity (Wildman–Crippen MR) is 75.6 cm³/mol. The van der Waals surface area contributed by atoms with E-state index < -0.39 is 23.6 Å². The zero-order chi connectivity index (χ0) is 13.9. The highest BCUT2D eigenvalue weighted by Gasteiger charge is 2.31. The number of hydrogen-bond acceptors (Lipinski definition) is 2. The standard InChI is InChI=1S/C10H11F3N4O.2ClH/c1-16-7-3-5(8(18)17-9(14)15)2-6(4-7)10(11,12)13;;/h2-4,16H,1H3,(H4,14,15,17,18);2*1H. The molecular weight excluding hydrogens is 320 g/mol. The Hall–Kier alpha value is -1.67. The third-order valence-corrected chi connectivity index (χ3v) is 2.03. The molecule has 20 heavy (non-hydrogen) atoms. The smallest absolute Gasteiger partial charge is 0.388 e. The fourth-order valence-electron chi connectivity index (χ4n) is 1.24. The summed E-state index contributed by atoms with van der Waals surface area (Å²) in [6, 6.07) is 2.80. The first-order valence-electron chi connectivity index (χ1n) is 4.78. The lowest BCUT2D eigenvalue weighted by atomic mass is 10.1. The molecule has 0 saturated heterocycles. The minimum absolute atomic E-state index is 0. The largest absolute Gasteiger partial charge is 0.416 e. The van der Waals surface area contributed by atoms with Crippen molar-refractivity contribution < 1.29 is 18.0 Å². The zero-order valence-corrected chi connectivity index (χ0v) is 11.8. The summed E-state index contributed by atoms with van der Waals surface area (Å²) in [7, 11) is 1.43. The minimum Gasteiger partial charge on any atom is -0.388 e. The Kier molecular flexibility index (Phi) is 8.06. The number of nitrogens with two attached hydrogens (primary N) is 2. The van der Waals surface area contributed by atoms with Gasteiger partial charge in [-0.25, -0.2) is 0 Å². The average Bonchev–Trinajstić information content (AvgIpc) is 2.26. The van der Waals surface area contributed by atoms with Crippen molar-refractivity contribution in [3.8, 4) is 0 Å². The third kappa shape index (κ3) is 5.54. The number of nitrogens with one attached hydrogen (secondary N) is 1. The van der Waals surface area contributed by atoms with Crippen molar-refractivity contribution in [2.24, 2.45) is 16.5 Å². The molecule has 0 saturated carbocycles. The molecular formula is C10H13Cl2F3N4O. The number of anilines is 1. The van der Waals surface area contributed by atoms with Gasteiger partial charge in [0.1, 0.15) is 0 Å². The first-order chi connectivity index (χ1) is 8.24. The number of carbonyl (C=O) groups excluding carboxylic acids is 1. The van der Waals surface area contributed by atoms with Gasteiger partial charge in [0.05, 0.1) is 5.56 Å². The van der Waals surface area contributed by atoms with Gasteiger partial charge in [0.2, 0.25) is 0 Å². The fraction of sp³-hybridized carbons (Fsp3) is 0.200. The number of benzene rings is 1. The van der Waals surface area contributed by atoms with Gasteiger partial charge in [-0.15, -0.1) is 24.8 Å². The number of rotatable bonds is 2. The highest BCUT2D eigenvalue weighted by Crippen LogP contribution is 2.32. The summed E-state index contributed by atoms with van der Waals surface area (Å²) in [4.78, 5) is 14.6. The van der Waals surface area contributed by atoms with Gasteiger partial charge in [-0.05, 0) is 18.2 Å². The van der Waals surface area contributed by atoms with Gasteiger partial charge in [0.25, 0.3) is 5.91 Å². The van der Waals surface area contributed by atoms with Gasteiger partial charge < -0.3 is 16.8 Å². The van der Waals surface area contributed by atoms with Gasteiger partial charge in [0.15, 0.2) is 5.96 Å². The Morgan fingerprint density at radius 3 is 2.15 bits per heavy atom. The maximum absolute atomic E-state index is 12.6. The van der Waals surface area contributed by atoms with Gasteiger partial charge in [0, 0.05) is 18.3 Å². The van der Waals surface area contributed by atoms with E-state index in [4.69, 9.17) is 11.5 Å². The Labute approximate surface area is 125 Å². The van der Waals surface area contributed by atoms with E-state index in [0.717, 1.165) is 6.07 Å². The van der Waals surface area contributed by atoms with E-state index in [1.54, 1.807) is 0 Å². The molecule has 0 unspecified atom stereocenters. The summed E-state index contributed by atoms with van der Waals surface area (Å²) >= 11 is 0. The van der Waals surface area contributed by atoms with Crippen LogP contribution in [0.15, 0.2) is 23.2 Å². The number of carbonyl (C=O) groups is 1. The number of alkyl halides is 3. The molecule has 5 N–H and O–H groups in total. The minimum atomic E-state index is -4.56. The second-order valence-corrected chi connectivity index (χ2v) is 3.39. The van der Waals surface area contributed by atoms with Crippen molar-refractivity contribution in [3.05, 3.63) is 29.3 Å². The molecule has 0 heterocycles. The highest BCUT2D eigenvalue weighted by atomic mass is 35.5. The van der Waals surface area contributed by atoms with E-state index >= 15 is 0 Å². The van der Waals surface area contributed by atoms with Crippen LogP contribution in [0.2, 0.25) is 0 Å². The molecule has 0 aliphatic carbocycles. The average molecular weight is 333 g/mol. The van der Waals surface area contributed by atoms with Crippen LogP contribution < -0.4 is 16.8 Å². The summed E-state index contributed by atoms with van der Waals surface area (Å²) in [5.41, 5.74) is 8.92. The molecule has 1 aromatic carbocycles. The van der Waals surface area contributed by atoms with Crippen molar-refractivity contribution in [1.82, 2.24) is 0 Å². The lowest BCUT2D eigenvalue weighted by Crippen LogP contribution is -2.24. The van der Waals surface area contributed by atoms with Crippen LogP contribution in [0.25, 0.3) is 0 Å². The normalized spacial score (nSPS) is 9.80. The van der Waals surface area contributed by atoms with Crippen LogP contribution in [-0.2, 0) is 6.18 Å². The maximum Gasteiger partial charge on any atom is 0.416 e. The molecule has 10 heteroatoms. The van der Waals surface area contributed by atoms with Gasteiger partial charge in [-0.1, -0.05) is 0 Å². The second-order valence-electron chi connectivity index (χ2n) is 3.39. The van der Waals surface area contributed by atoms with Crippen LogP contribution >= 0.6 is 24.8 Å². The molecule has 0 spiro atoms. The van der Waals surface area contributed by atoms with Gasteiger partial charge in [-0.3, -0.25) is 4.79 Å². The Morgan fingerprint density at radius 2 is 1.75 bits per heavy atom. The van der Waals surface area contributed by atoms with Gasteiger partial charge in [-0.2, -0.15) is 18.2 Å². The number of amides is 1. The Bertz CT molecular complexity index is 502. The molecule has 1 rings (SSSR count). The van der Waals surface area contributed by atoms with Crippen LogP contribution in [0.5, 0.6) is 0 Å². The van der Waals surface area contributed by atoms with Crippen LogP contribution in [0, 0.1) is 0 Å². The maximum atomic E-state index is 12.6. The summed E-state index contributed by atoms with van der Waals surface area (Å²) < 4.78 is 37.8. The number of hydrogen-bond donors (Lipinski definition) is 3. The molecule has 0 atom stereocenters. The van der Waals surface area contributed by atoms with Crippen LogP contribution in [0.3, 0.4) is 0 Å². The summed E-state index contributed by atoms with van der Waals surface area (Å²) in [5, 5.41) is 2.52. The molecule has 0 aliphatic rings. The highest BCUT2D eigenvalue weighted by molar-refractivity contribution is 6.02. The number of halogens is 5. The fourth-order valence-corrected chi connectivity index (χ4v) is 1.24. The van der Waals surface area contributed by atoms with Crippen LogP contribution in [0.4, 0.5) is 18.9 Å². The van der Waals surface area contributed by atoms with E-state index in [9.17, 15) is 18.0 Å². The van der Waals surface area contributed by atoms with Crippen LogP contribution in [0.1, 0.15) is 15.9 Å². The van der Waals surface area contributed by atoms with Gasteiger partial charge >= 0.3 is 6.18 Å². The van der Waals surface area contributed by atoms with Crippen molar-refractivity contribution in [2.75, 3.05) is 12.4 Å². The predicted octanol–water partition coefficient (Wildman–Crippen LogP) is 2.00. The summed E-state index contributed by atoms with van der Waals surface area (Å²) in [5.74, 6) is -1.44. The van der Waals surface area contributed by atoms with Crippen molar-refractivity contribution in [2.45, 2.75) is 6.18 Å². The molecule has 0 bridgehead atoms. The zero-order valence-electron chi connectivity index (χ0n) is 10.2. The first-order valence-corrected chi connectivity index (χ1v) is 4.78. The lowest BCUT2D eigenvalue weighted by Gasteiger charge is -2.10. The number of nitrogens with zero attached hydrogens (tertiary/aromatic N) is 1. The van der Waals surface area contributed by atoms with Crippen LogP contribution in [-0.4, -0.2) is 18.9 Å². The first kappa shape index (κ1) is 20.6. The molecule has 1 aromatic rings. The lowest BCUT2D eigenvalue weighted by molar-refractivity contribution is -0.137.